The van der Waals surface area contributed by atoms with Crippen molar-refractivity contribution < 1.29 is 28.6 Å². The zero-order valence-electron chi connectivity index (χ0n) is 28.7. The molecule has 4 fully saturated rings. The van der Waals surface area contributed by atoms with Crippen LogP contribution in [0.2, 0.25) is 0 Å². The van der Waals surface area contributed by atoms with Crippen molar-refractivity contribution in [3.8, 4) is 0 Å². The Bertz CT molecular complexity index is 1180. The molecule has 0 heterocycles. The summed E-state index contributed by atoms with van der Waals surface area (Å²) in [5, 5.41) is 0. The molecule has 242 valence electrons. The first-order valence-electron chi connectivity index (χ1n) is 17.1. The second-order valence-electron chi connectivity index (χ2n) is 17.2. The van der Waals surface area contributed by atoms with E-state index in [1.807, 2.05) is 0 Å². The minimum atomic E-state index is -0.468. The van der Waals surface area contributed by atoms with Crippen molar-refractivity contribution >= 4 is 17.9 Å². The molecule has 6 nitrogen and oxygen atoms in total. The SMILES string of the molecule is CCCOC(=O)[C@]12CCC(C)(C)C[C@H]1C1=CC[C@H]3[C@@]4(C)C[C@H](OC(C)=O)[C@H](OC(C)=O)C(C)(C)[C@@H]4CC[C@@]3(C)[C@]1(C)CC2. The van der Waals surface area contributed by atoms with Crippen molar-refractivity contribution in [1.82, 2.24) is 0 Å². The highest BCUT2D eigenvalue weighted by Crippen LogP contribution is 2.76. The van der Waals surface area contributed by atoms with Crippen LogP contribution in [0, 0.1) is 50.2 Å². The summed E-state index contributed by atoms with van der Waals surface area (Å²) in [6.45, 7) is 22.1. The second-order valence-corrected chi connectivity index (χ2v) is 17.2. The van der Waals surface area contributed by atoms with Gasteiger partial charge >= 0.3 is 17.9 Å². The second kappa shape index (κ2) is 10.6. The summed E-state index contributed by atoms with van der Waals surface area (Å²) in [4.78, 5) is 38.5. The molecule has 0 N–H and O–H groups in total. The topological polar surface area (TPSA) is 78.9 Å². The first kappa shape index (κ1) is 32.5. The van der Waals surface area contributed by atoms with Crippen molar-refractivity contribution in [2.75, 3.05) is 6.61 Å². The van der Waals surface area contributed by atoms with Crippen molar-refractivity contribution in [3.63, 3.8) is 0 Å². The molecule has 0 aromatic heterocycles. The Morgan fingerprint density at radius 3 is 2.12 bits per heavy atom. The van der Waals surface area contributed by atoms with Gasteiger partial charge in [0.25, 0.3) is 0 Å². The summed E-state index contributed by atoms with van der Waals surface area (Å²) < 4.78 is 17.9. The molecule has 0 amide bonds. The van der Waals surface area contributed by atoms with E-state index in [1.54, 1.807) is 0 Å². The number of esters is 3. The molecule has 0 aliphatic heterocycles. The fourth-order valence-corrected chi connectivity index (χ4v) is 11.8. The molecule has 5 aliphatic rings. The molecular formula is C37H58O6. The molecule has 0 aromatic rings. The fraction of sp³-hybridized carbons (Fsp3) is 0.865. The average molecular weight is 599 g/mol. The minimum Gasteiger partial charge on any atom is -0.465 e. The van der Waals surface area contributed by atoms with Crippen molar-refractivity contribution in [2.24, 2.45) is 50.2 Å². The number of ether oxygens (including phenoxy) is 3. The van der Waals surface area contributed by atoms with Gasteiger partial charge in [-0.1, -0.05) is 67.0 Å². The Morgan fingerprint density at radius 1 is 0.837 bits per heavy atom. The third-order valence-corrected chi connectivity index (χ3v) is 14.0. The summed E-state index contributed by atoms with van der Waals surface area (Å²) in [5.41, 5.74) is 0.868. The van der Waals surface area contributed by atoms with E-state index in [-0.39, 0.29) is 50.9 Å². The van der Waals surface area contributed by atoms with E-state index in [9.17, 15) is 14.4 Å². The van der Waals surface area contributed by atoms with Gasteiger partial charge in [0.15, 0.2) is 0 Å². The van der Waals surface area contributed by atoms with E-state index in [2.05, 4.69) is 61.5 Å². The normalized spacial score (nSPS) is 44.3. The smallest absolute Gasteiger partial charge is 0.312 e. The van der Waals surface area contributed by atoms with Crippen LogP contribution in [0.15, 0.2) is 11.6 Å². The lowest BCUT2D eigenvalue weighted by atomic mass is 9.33. The Kier molecular flexibility index (Phi) is 8.03. The summed E-state index contributed by atoms with van der Waals surface area (Å²) in [6.07, 6.45) is 11.2. The zero-order chi connectivity index (χ0) is 31.8. The van der Waals surface area contributed by atoms with Crippen LogP contribution in [-0.4, -0.2) is 36.7 Å². The molecule has 0 radical (unpaired) electrons. The third kappa shape index (κ3) is 4.82. The maximum absolute atomic E-state index is 13.9. The van der Waals surface area contributed by atoms with E-state index < -0.39 is 17.6 Å². The van der Waals surface area contributed by atoms with Crippen LogP contribution in [0.3, 0.4) is 0 Å². The molecule has 0 aromatic carbocycles. The molecule has 9 atom stereocenters. The summed E-state index contributed by atoms with van der Waals surface area (Å²) in [6, 6.07) is 0. The lowest BCUT2D eigenvalue weighted by molar-refractivity contribution is -0.244. The highest BCUT2D eigenvalue weighted by molar-refractivity contribution is 5.79. The molecule has 4 saturated carbocycles. The van der Waals surface area contributed by atoms with Gasteiger partial charge in [-0.2, -0.15) is 0 Å². The zero-order valence-corrected chi connectivity index (χ0v) is 28.7. The van der Waals surface area contributed by atoms with E-state index >= 15 is 0 Å². The van der Waals surface area contributed by atoms with Gasteiger partial charge in [-0.25, -0.2) is 0 Å². The number of rotatable bonds is 5. The standard InChI is InChI=1S/C37H58O6/c1-11-20-41-31(40)37-18-16-32(4,5)21-26(37)25-12-13-29-34(8)22-27(42-23(2)38)30(43-24(3)39)33(6,7)28(34)14-15-36(29,10)35(25,9)17-19-37/h12,26-30H,11,13-22H2,1-10H3/t26-,27-,28-,29-,30-,34-,35+,36+,37-/m0/s1. The number of fused-ring (bicyclic) bond motifs is 7. The lowest BCUT2D eigenvalue weighted by Crippen LogP contribution is -2.67. The van der Waals surface area contributed by atoms with Gasteiger partial charge in [0.1, 0.15) is 12.2 Å². The maximum Gasteiger partial charge on any atom is 0.312 e. The predicted octanol–water partition coefficient (Wildman–Crippen LogP) is 8.21. The van der Waals surface area contributed by atoms with Crippen molar-refractivity contribution in [3.05, 3.63) is 11.6 Å². The number of allylic oxidation sites excluding steroid dienone is 2. The quantitative estimate of drug-likeness (QED) is 0.180. The van der Waals surface area contributed by atoms with Gasteiger partial charge in [0.2, 0.25) is 0 Å². The van der Waals surface area contributed by atoms with Gasteiger partial charge in [-0.05, 0) is 104 Å². The van der Waals surface area contributed by atoms with Crippen LogP contribution in [0.1, 0.15) is 133 Å². The molecule has 5 rings (SSSR count). The van der Waals surface area contributed by atoms with E-state index in [0.29, 0.717) is 24.9 Å². The summed E-state index contributed by atoms with van der Waals surface area (Å²) in [5.74, 6) is 0.320. The molecule has 0 spiro atoms. The van der Waals surface area contributed by atoms with Crippen LogP contribution >= 0.6 is 0 Å². The van der Waals surface area contributed by atoms with Crippen LogP contribution in [0.25, 0.3) is 0 Å². The summed E-state index contributed by atoms with van der Waals surface area (Å²) in [7, 11) is 0. The molecule has 5 aliphatic carbocycles. The van der Waals surface area contributed by atoms with Gasteiger partial charge in [0, 0.05) is 19.3 Å². The highest BCUT2D eigenvalue weighted by Gasteiger charge is 2.71. The largest absolute Gasteiger partial charge is 0.465 e. The minimum absolute atomic E-state index is 0.0235. The highest BCUT2D eigenvalue weighted by atomic mass is 16.6. The third-order valence-electron chi connectivity index (χ3n) is 14.0. The number of carbonyl (C=O) groups excluding carboxylic acids is 3. The molecule has 6 heteroatoms. The van der Waals surface area contributed by atoms with Crippen LogP contribution in [0.4, 0.5) is 0 Å². The lowest BCUT2D eigenvalue weighted by Gasteiger charge is -2.71. The van der Waals surface area contributed by atoms with Crippen molar-refractivity contribution in [1.29, 1.82) is 0 Å². The Morgan fingerprint density at radius 2 is 1.49 bits per heavy atom. The molecule has 0 unspecified atom stereocenters. The Balaban J connectivity index is 1.57. The molecule has 0 saturated heterocycles. The first-order chi connectivity index (χ1) is 19.9. The Hall–Kier alpha value is -1.85. The number of hydrogen-bond donors (Lipinski definition) is 0. The summed E-state index contributed by atoms with van der Waals surface area (Å²) >= 11 is 0. The Labute approximate surface area is 260 Å². The molecular weight excluding hydrogens is 540 g/mol. The van der Waals surface area contributed by atoms with E-state index in [0.717, 1.165) is 57.8 Å². The number of carbonyl (C=O) groups is 3. The first-order valence-corrected chi connectivity index (χ1v) is 17.1. The number of hydrogen-bond acceptors (Lipinski definition) is 6. The van der Waals surface area contributed by atoms with Crippen LogP contribution in [0.5, 0.6) is 0 Å². The van der Waals surface area contributed by atoms with Gasteiger partial charge < -0.3 is 14.2 Å². The predicted molar refractivity (Wildman–Crippen MR) is 167 cm³/mol. The van der Waals surface area contributed by atoms with E-state index in [1.165, 1.54) is 19.4 Å². The van der Waals surface area contributed by atoms with Gasteiger partial charge in [-0.3, -0.25) is 14.4 Å². The average Bonchev–Trinajstić information content (AvgIpc) is 2.89. The van der Waals surface area contributed by atoms with Crippen molar-refractivity contribution in [2.45, 2.75) is 146 Å². The van der Waals surface area contributed by atoms with E-state index in [4.69, 9.17) is 14.2 Å². The monoisotopic (exact) mass is 598 g/mol. The molecule has 0 bridgehead atoms. The fourth-order valence-electron chi connectivity index (χ4n) is 11.8. The van der Waals surface area contributed by atoms with Crippen LogP contribution in [-0.2, 0) is 28.6 Å². The van der Waals surface area contributed by atoms with Gasteiger partial charge in [0.05, 0.1) is 12.0 Å². The van der Waals surface area contributed by atoms with Gasteiger partial charge in [-0.15, -0.1) is 0 Å². The van der Waals surface area contributed by atoms with Crippen LogP contribution < -0.4 is 0 Å². The molecule has 43 heavy (non-hydrogen) atoms. The maximum atomic E-state index is 13.9.